The molecule has 2 aromatic rings. The molecule has 0 bridgehead atoms. The van der Waals surface area contributed by atoms with Crippen LogP contribution >= 0.6 is 15.9 Å². The van der Waals surface area contributed by atoms with Gasteiger partial charge in [0.15, 0.2) is 0 Å². The summed E-state index contributed by atoms with van der Waals surface area (Å²) in [7, 11) is 0. The summed E-state index contributed by atoms with van der Waals surface area (Å²) >= 11 is 3.40. The number of benzene rings is 2. The van der Waals surface area contributed by atoms with Crippen LogP contribution in [0.3, 0.4) is 0 Å². The summed E-state index contributed by atoms with van der Waals surface area (Å²) < 4.78 is 0.981. The molecular weight excluding hydrogens is 350 g/mol. The van der Waals surface area contributed by atoms with Gasteiger partial charge < -0.3 is 10.6 Å². The Morgan fingerprint density at radius 1 is 1.18 bits per heavy atom. The zero-order valence-corrected chi connectivity index (χ0v) is 13.4. The van der Waals surface area contributed by atoms with Gasteiger partial charge in [-0.15, -0.1) is 0 Å². The number of carbonyl (C=O) groups excluding carboxylic acids is 1. The minimum atomic E-state index is -0.466. The first kappa shape index (κ1) is 16.0. The Bertz CT molecular complexity index is 702. The van der Waals surface area contributed by atoms with Crippen molar-refractivity contribution >= 4 is 38.9 Å². The van der Waals surface area contributed by atoms with E-state index in [1.165, 1.54) is 12.1 Å². The molecule has 0 spiro atoms. The lowest BCUT2D eigenvalue weighted by atomic mass is 10.2. The van der Waals surface area contributed by atoms with Crippen molar-refractivity contribution in [3.8, 4) is 0 Å². The molecule has 6 nitrogen and oxygen atoms in total. The average molecular weight is 364 g/mol. The maximum absolute atomic E-state index is 11.9. The van der Waals surface area contributed by atoms with Gasteiger partial charge in [-0.25, -0.2) is 0 Å². The average Bonchev–Trinajstić information content (AvgIpc) is 2.49. The number of rotatable bonds is 5. The standard InChI is InChI=1S/C15H14BrN3O3/c1-10-8-12(4-7-14(10)16)18-15(20)9-17-11-2-5-13(6-3-11)19(21)22/h2-8,17H,9H2,1H3,(H,18,20). The van der Waals surface area contributed by atoms with E-state index in [9.17, 15) is 14.9 Å². The molecule has 0 aliphatic rings. The van der Waals surface area contributed by atoms with E-state index in [-0.39, 0.29) is 18.1 Å². The highest BCUT2D eigenvalue weighted by molar-refractivity contribution is 9.10. The summed E-state index contributed by atoms with van der Waals surface area (Å²) in [6.45, 7) is 2.02. The molecule has 0 aliphatic carbocycles. The lowest BCUT2D eigenvalue weighted by Crippen LogP contribution is -2.21. The lowest BCUT2D eigenvalue weighted by molar-refractivity contribution is -0.384. The Morgan fingerprint density at radius 3 is 2.41 bits per heavy atom. The number of nitro groups is 1. The summed E-state index contributed by atoms with van der Waals surface area (Å²) in [6.07, 6.45) is 0. The van der Waals surface area contributed by atoms with E-state index in [0.717, 1.165) is 15.7 Å². The maximum Gasteiger partial charge on any atom is 0.269 e. The van der Waals surface area contributed by atoms with Crippen molar-refractivity contribution in [1.29, 1.82) is 0 Å². The number of hydrogen-bond acceptors (Lipinski definition) is 4. The molecule has 0 fully saturated rings. The van der Waals surface area contributed by atoms with Crippen LogP contribution in [0.25, 0.3) is 0 Å². The zero-order chi connectivity index (χ0) is 16.1. The van der Waals surface area contributed by atoms with Gasteiger partial charge in [0.05, 0.1) is 11.5 Å². The fourth-order valence-electron chi connectivity index (χ4n) is 1.81. The Morgan fingerprint density at radius 2 is 1.82 bits per heavy atom. The largest absolute Gasteiger partial charge is 0.376 e. The number of non-ortho nitro benzene ring substituents is 1. The number of nitro benzene ring substituents is 1. The highest BCUT2D eigenvalue weighted by Crippen LogP contribution is 2.20. The molecule has 2 rings (SSSR count). The van der Waals surface area contributed by atoms with Crippen LogP contribution in [0.1, 0.15) is 5.56 Å². The number of aryl methyl sites for hydroxylation is 1. The lowest BCUT2D eigenvalue weighted by Gasteiger charge is -2.09. The fourth-order valence-corrected chi connectivity index (χ4v) is 2.06. The van der Waals surface area contributed by atoms with Crippen molar-refractivity contribution in [2.24, 2.45) is 0 Å². The normalized spacial score (nSPS) is 10.1. The molecule has 0 aliphatic heterocycles. The minimum absolute atomic E-state index is 0.0142. The monoisotopic (exact) mass is 363 g/mol. The van der Waals surface area contributed by atoms with Gasteiger partial charge in [0.1, 0.15) is 0 Å². The van der Waals surface area contributed by atoms with Gasteiger partial charge in [-0.1, -0.05) is 15.9 Å². The maximum atomic E-state index is 11.9. The number of halogens is 1. The second kappa shape index (κ2) is 7.04. The molecule has 0 radical (unpaired) electrons. The van der Waals surface area contributed by atoms with Gasteiger partial charge in [0.25, 0.3) is 5.69 Å². The van der Waals surface area contributed by atoms with Gasteiger partial charge in [-0.05, 0) is 42.8 Å². The number of anilines is 2. The predicted octanol–water partition coefficient (Wildman–Crippen LogP) is 3.72. The van der Waals surface area contributed by atoms with Gasteiger partial charge in [0, 0.05) is 28.0 Å². The molecule has 2 N–H and O–H groups in total. The third-order valence-electron chi connectivity index (χ3n) is 2.97. The van der Waals surface area contributed by atoms with Crippen molar-refractivity contribution in [3.05, 3.63) is 62.6 Å². The van der Waals surface area contributed by atoms with E-state index >= 15 is 0 Å². The number of nitrogens with one attached hydrogen (secondary N) is 2. The van der Waals surface area contributed by atoms with Gasteiger partial charge in [-0.2, -0.15) is 0 Å². The third-order valence-corrected chi connectivity index (χ3v) is 3.86. The molecule has 0 saturated heterocycles. The quantitative estimate of drug-likeness (QED) is 0.626. The van der Waals surface area contributed by atoms with Crippen LogP contribution in [0.2, 0.25) is 0 Å². The van der Waals surface area contributed by atoms with E-state index in [4.69, 9.17) is 0 Å². The molecule has 0 unspecified atom stereocenters. The number of nitrogens with zero attached hydrogens (tertiary/aromatic N) is 1. The van der Waals surface area contributed by atoms with E-state index < -0.39 is 4.92 Å². The molecule has 0 heterocycles. The van der Waals surface area contributed by atoms with E-state index in [1.807, 2.05) is 19.1 Å². The van der Waals surface area contributed by atoms with Crippen LogP contribution in [0.5, 0.6) is 0 Å². The van der Waals surface area contributed by atoms with Crippen molar-refractivity contribution in [2.45, 2.75) is 6.92 Å². The number of carbonyl (C=O) groups is 1. The molecule has 0 aromatic heterocycles. The highest BCUT2D eigenvalue weighted by atomic mass is 79.9. The predicted molar refractivity (Wildman–Crippen MR) is 89.1 cm³/mol. The zero-order valence-electron chi connectivity index (χ0n) is 11.8. The first-order valence-corrected chi connectivity index (χ1v) is 7.29. The van der Waals surface area contributed by atoms with Crippen LogP contribution in [0.15, 0.2) is 46.9 Å². The van der Waals surface area contributed by atoms with Crippen LogP contribution in [-0.4, -0.2) is 17.4 Å². The molecule has 114 valence electrons. The number of amides is 1. The summed E-state index contributed by atoms with van der Waals surface area (Å²) in [4.78, 5) is 21.9. The Hall–Kier alpha value is -2.41. The highest BCUT2D eigenvalue weighted by Gasteiger charge is 2.06. The van der Waals surface area contributed by atoms with Crippen molar-refractivity contribution < 1.29 is 9.72 Å². The van der Waals surface area contributed by atoms with E-state index in [2.05, 4.69) is 26.6 Å². The van der Waals surface area contributed by atoms with Crippen molar-refractivity contribution in [1.82, 2.24) is 0 Å². The molecule has 0 atom stereocenters. The first-order valence-electron chi connectivity index (χ1n) is 6.50. The van der Waals surface area contributed by atoms with Crippen molar-refractivity contribution in [2.75, 3.05) is 17.2 Å². The Kier molecular flexibility index (Phi) is 5.11. The molecule has 22 heavy (non-hydrogen) atoms. The summed E-state index contributed by atoms with van der Waals surface area (Å²) in [5.74, 6) is -0.194. The van der Waals surface area contributed by atoms with Crippen LogP contribution in [-0.2, 0) is 4.79 Å². The number of hydrogen-bond donors (Lipinski definition) is 2. The van der Waals surface area contributed by atoms with E-state index in [0.29, 0.717) is 5.69 Å². The second-order valence-electron chi connectivity index (χ2n) is 4.67. The second-order valence-corrected chi connectivity index (χ2v) is 5.52. The van der Waals surface area contributed by atoms with Gasteiger partial charge in [0.2, 0.25) is 5.91 Å². The molecular formula is C15H14BrN3O3. The summed E-state index contributed by atoms with van der Waals surface area (Å²) in [5.41, 5.74) is 2.41. The van der Waals surface area contributed by atoms with Crippen LogP contribution in [0.4, 0.5) is 17.1 Å². The molecule has 2 aromatic carbocycles. The van der Waals surface area contributed by atoms with Gasteiger partial charge >= 0.3 is 0 Å². The van der Waals surface area contributed by atoms with Crippen molar-refractivity contribution in [3.63, 3.8) is 0 Å². The summed E-state index contributed by atoms with van der Waals surface area (Å²) in [6, 6.07) is 11.4. The minimum Gasteiger partial charge on any atom is -0.376 e. The van der Waals surface area contributed by atoms with E-state index in [1.54, 1.807) is 18.2 Å². The van der Waals surface area contributed by atoms with Crippen LogP contribution < -0.4 is 10.6 Å². The molecule has 0 saturated carbocycles. The molecule has 1 amide bonds. The SMILES string of the molecule is Cc1cc(NC(=O)CNc2ccc([N+](=O)[O-])cc2)ccc1Br. The Labute approximate surface area is 135 Å². The smallest absolute Gasteiger partial charge is 0.269 e. The topological polar surface area (TPSA) is 84.3 Å². The van der Waals surface area contributed by atoms with Crippen LogP contribution in [0, 0.1) is 17.0 Å². The molecule has 7 heteroatoms. The Balaban J connectivity index is 1.89. The first-order chi connectivity index (χ1) is 10.5. The third kappa shape index (κ3) is 4.29. The summed E-state index contributed by atoms with van der Waals surface area (Å²) in [5, 5.41) is 16.2. The van der Waals surface area contributed by atoms with Gasteiger partial charge in [-0.3, -0.25) is 14.9 Å². The fraction of sp³-hybridized carbons (Fsp3) is 0.133.